The van der Waals surface area contributed by atoms with E-state index >= 15 is 0 Å². The standard InChI is InChI=1S/C21H34N4O3/c1-17-8-10-18(11-9-17)28-14-12-25(4)21(23-16-20(26)24(2)3)22-15-19-7-5-6-13-27-19/h8-11,19H,5-7,12-16H2,1-4H3,(H,22,23). The van der Waals surface area contributed by atoms with Crippen molar-refractivity contribution in [2.45, 2.75) is 32.3 Å². The van der Waals surface area contributed by atoms with Gasteiger partial charge < -0.3 is 24.6 Å². The van der Waals surface area contributed by atoms with Crippen molar-refractivity contribution in [3.8, 4) is 5.75 Å². The third kappa shape index (κ3) is 7.76. The lowest BCUT2D eigenvalue weighted by Gasteiger charge is -2.27. The van der Waals surface area contributed by atoms with Crippen LogP contribution in [-0.2, 0) is 9.53 Å². The summed E-state index contributed by atoms with van der Waals surface area (Å²) in [6, 6.07) is 8.01. The van der Waals surface area contributed by atoms with Gasteiger partial charge in [-0.15, -0.1) is 0 Å². The number of likely N-dealkylation sites (N-methyl/N-ethyl adjacent to an activating group) is 2. The van der Waals surface area contributed by atoms with Crippen molar-refractivity contribution in [1.82, 2.24) is 15.1 Å². The molecular formula is C21H34N4O3. The van der Waals surface area contributed by atoms with Gasteiger partial charge in [0, 0.05) is 34.3 Å². The van der Waals surface area contributed by atoms with Crippen molar-refractivity contribution in [2.75, 3.05) is 54.0 Å². The van der Waals surface area contributed by atoms with Gasteiger partial charge in [-0.3, -0.25) is 4.79 Å². The Labute approximate surface area is 168 Å². The maximum absolute atomic E-state index is 11.9. The third-order valence-corrected chi connectivity index (χ3v) is 4.70. The van der Waals surface area contributed by atoms with E-state index in [9.17, 15) is 4.79 Å². The van der Waals surface area contributed by atoms with E-state index in [1.807, 2.05) is 36.2 Å². The molecule has 0 aliphatic carbocycles. The van der Waals surface area contributed by atoms with E-state index in [2.05, 4.69) is 17.2 Å². The number of carbonyl (C=O) groups is 1. The molecule has 1 atom stereocenters. The number of amides is 1. The molecule has 0 radical (unpaired) electrons. The lowest BCUT2D eigenvalue weighted by atomic mass is 10.1. The molecule has 0 saturated carbocycles. The number of aliphatic imine (C=N–C) groups is 1. The molecule has 156 valence electrons. The molecule has 7 nitrogen and oxygen atoms in total. The Morgan fingerprint density at radius 3 is 2.64 bits per heavy atom. The van der Waals surface area contributed by atoms with Crippen LogP contribution in [0.2, 0.25) is 0 Å². The van der Waals surface area contributed by atoms with Gasteiger partial charge in [-0.2, -0.15) is 0 Å². The maximum atomic E-state index is 11.9. The minimum absolute atomic E-state index is 0.0301. The Bertz CT molecular complexity index is 625. The van der Waals surface area contributed by atoms with Crippen molar-refractivity contribution in [3.05, 3.63) is 29.8 Å². The van der Waals surface area contributed by atoms with E-state index in [4.69, 9.17) is 9.47 Å². The summed E-state index contributed by atoms with van der Waals surface area (Å²) in [5, 5.41) is 3.36. The minimum Gasteiger partial charge on any atom is -0.492 e. The van der Waals surface area contributed by atoms with Gasteiger partial charge >= 0.3 is 0 Å². The number of aryl methyl sites for hydroxylation is 1. The fourth-order valence-electron chi connectivity index (χ4n) is 2.81. The van der Waals surface area contributed by atoms with Crippen molar-refractivity contribution in [3.63, 3.8) is 0 Å². The fraction of sp³-hybridized carbons (Fsp3) is 0.619. The number of hydrogen-bond acceptors (Lipinski definition) is 4. The number of benzene rings is 1. The first-order valence-electron chi connectivity index (χ1n) is 9.96. The summed E-state index contributed by atoms with van der Waals surface area (Å²) >= 11 is 0. The van der Waals surface area contributed by atoms with Crippen molar-refractivity contribution in [1.29, 1.82) is 0 Å². The third-order valence-electron chi connectivity index (χ3n) is 4.70. The highest BCUT2D eigenvalue weighted by molar-refractivity contribution is 5.84. The summed E-state index contributed by atoms with van der Waals surface area (Å²) in [5.74, 6) is 1.51. The molecule has 1 saturated heterocycles. The molecule has 1 amide bonds. The molecule has 1 aromatic rings. The summed E-state index contributed by atoms with van der Waals surface area (Å²) in [7, 11) is 5.42. The van der Waals surface area contributed by atoms with Gasteiger partial charge in [-0.1, -0.05) is 17.7 Å². The van der Waals surface area contributed by atoms with Gasteiger partial charge in [0.05, 0.1) is 12.6 Å². The second kappa shape index (κ2) is 11.5. The van der Waals surface area contributed by atoms with Gasteiger partial charge in [-0.05, 0) is 38.3 Å². The van der Waals surface area contributed by atoms with Gasteiger partial charge in [0.25, 0.3) is 0 Å². The number of nitrogens with zero attached hydrogens (tertiary/aromatic N) is 3. The van der Waals surface area contributed by atoms with Crippen molar-refractivity contribution < 1.29 is 14.3 Å². The summed E-state index contributed by atoms with van der Waals surface area (Å²) in [6.07, 6.45) is 3.57. The first-order chi connectivity index (χ1) is 13.5. The van der Waals surface area contributed by atoms with Crippen LogP contribution in [0, 0.1) is 6.92 Å². The van der Waals surface area contributed by atoms with Gasteiger partial charge in [-0.25, -0.2) is 4.99 Å². The Morgan fingerprint density at radius 2 is 2.00 bits per heavy atom. The molecule has 1 aromatic carbocycles. The number of guanidine groups is 1. The van der Waals surface area contributed by atoms with Crippen LogP contribution in [0.5, 0.6) is 5.75 Å². The zero-order valence-electron chi connectivity index (χ0n) is 17.6. The predicted molar refractivity (Wildman–Crippen MR) is 112 cm³/mol. The Kier molecular flexibility index (Phi) is 9.07. The molecule has 1 N–H and O–H groups in total. The van der Waals surface area contributed by atoms with Crippen LogP contribution in [0.3, 0.4) is 0 Å². The predicted octanol–water partition coefficient (Wildman–Crippen LogP) is 1.91. The largest absolute Gasteiger partial charge is 0.492 e. The highest BCUT2D eigenvalue weighted by atomic mass is 16.5. The summed E-state index contributed by atoms with van der Waals surface area (Å²) in [4.78, 5) is 20.0. The second-order valence-electron chi connectivity index (χ2n) is 7.38. The van der Waals surface area contributed by atoms with Crippen molar-refractivity contribution in [2.24, 2.45) is 4.99 Å². The molecule has 0 spiro atoms. The van der Waals surface area contributed by atoms with E-state index in [-0.39, 0.29) is 18.6 Å². The van der Waals surface area contributed by atoms with Crippen LogP contribution in [0.4, 0.5) is 0 Å². The molecule has 0 bridgehead atoms. The number of hydrogen-bond donors (Lipinski definition) is 1. The molecular weight excluding hydrogens is 356 g/mol. The van der Waals surface area contributed by atoms with Crippen molar-refractivity contribution >= 4 is 11.9 Å². The maximum Gasteiger partial charge on any atom is 0.243 e. The monoisotopic (exact) mass is 390 g/mol. The first kappa shape index (κ1) is 22.0. The number of carbonyl (C=O) groups excluding carboxylic acids is 1. The summed E-state index contributed by atoms with van der Waals surface area (Å²) < 4.78 is 11.6. The average Bonchev–Trinajstić information content (AvgIpc) is 2.69. The topological polar surface area (TPSA) is 66.4 Å². The molecule has 1 unspecified atom stereocenters. The molecule has 0 aromatic heterocycles. The molecule has 1 aliphatic heterocycles. The average molecular weight is 391 g/mol. The molecule has 1 fully saturated rings. The Morgan fingerprint density at radius 1 is 1.25 bits per heavy atom. The van der Waals surface area contributed by atoms with E-state index in [1.165, 1.54) is 12.0 Å². The van der Waals surface area contributed by atoms with E-state index in [0.29, 0.717) is 25.7 Å². The van der Waals surface area contributed by atoms with Crippen LogP contribution < -0.4 is 10.1 Å². The molecule has 7 heteroatoms. The van der Waals surface area contributed by atoms with Gasteiger partial charge in [0.1, 0.15) is 18.9 Å². The van der Waals surface area contributed by atoms with Crippen LogP contribution >= 0.6 is 0 Å². The first-order valence-corrected chi connectivity index (χ1v) is 9.96. The Balaban J connectivity index is 1.88. The molecule has 28 heavy (non-hydrogen) atoms. The Hall–Kier alpha value is -2.28. The minimum atomic E-state index is -0.0301. The van der Waals surface area contributed by atoms with Crippen LogP contribution in [0.1, 0.15) is 24.8 Å². The fourth-order valence-corrected chi connectivity index (χ4v) is 2.81. The highest BCUT2D eigenvalue weighted by Crippen LogP contribution is 2.12. The normalized spacial score (nSPS) is 17.1. The lowest BCUT2D eigenvalue weighted by molar-refractivity contribution is -0.127. The highest BCUT2D eigenvalue weighted by Gasteiger charge is 2.16. The molecule has 2 rings (SSSR count). The molecule has 1 heterocycles. The quantitative estimate of drug-likeness (QED) is 0.543. The zero-order chi connectivity index (χ0) is 20.4. The van der Waals surface area contributed by atoms with Crippen LogP contribution in [-0.4, -0.2) is 81.8 Å². The van der Waals surface area contributed by atoms with Crippen LogP contribution in [0.15, 0.2) is 29.3 Å². The smallest absolute Gasteiger partial charge is 0.243 e. The summed E-state index contributed by atoms with van der Waals surface area (Å²) in [5.41, 5.74) is 1.21. The number of nitrogens with one attached hydrogen (secondary N) is 1. The van der Waals surface area contributed by atoms with Crippen LogP contribution in [0.25, 0.3) is 0 Å². The van der Waals surface area contributed by atoms with E-state index < -0.39 is 0 Å². The van der Waals surface area contributed by atoms with Gasteiger partial charge in [0.15, 0.2) is 5.96 Å². The number of ether oxygens (including phenoxy) is 2. The SMILES string of the molecule is Cc1ccc(OCCN(C)C(=NCC(=O)N(C)C)NCC2CCCCO2)cc1. The summed E-state index contributed by atoms with van der Waals surface area (Å²) in [6.45, 7) is 4.86. The second-order valence-corrected chi connectivity index (χ2v) is 7.38. The number of rotatable bonds is 8. The van der Waals surface area contributed by atoms with E-state index in [1.54, 1.807) is 19.0 Å². The molecule has 1 aliphatic rings. The van der Waals surface area contributed by atoms with Gasteiger partial charge in [0.2, 0.25) is 5.91 Å². The van der Waals surface area contributed by atoms with E-state index in [0.717, 1.165) is 25.2 Å². The zero-order valence-corrected chi connectivity index (χ0v) is 17.6. The lowest BCUT2D eigenvalue weighted by Crippen LogP contribution is -2.45.